The Hall–Kier alpha value is -1.32. The van der Waals surface area contributed by atoms with Gasteiger partial charge < -0.3 is 10.1 Å². The number of ether oxygens (including phenoxy) is 1. The summed E-state index contributed by atoms with van der Waals surface area (Å²) in [7, 11) is 0. The number of hydrogen-bond acceptors (Lipinski definition) is 2. The van der Waals surface area contributed by atoms with Crippen LogP contribution in [0.25, 0.3) is 6.08 Å². The lowest BCUT2D eigenvalue weighted by molar-refractivity contribution is -0.116. The molecule has 0 aromatic heterocycles. The zero-order valence-electron chi connectivity index (χ0n) is 10.1. The number of hydrogen-bond donors (Lipinski definition) is 1. The topological polar surface area (TPSA) is 38.3 Å². The predicted molar refractivity (Wildman–Crippen MR) is 72.5 cm³/mol. The summed E-state index contributed by atoms with van der Waals surface area (Å²) in [5.41, 5.74) is 0.839. The van der Waals surface area contributed by atoms with Gasteiger partial charge in [0.1, 0.15) is 0 Å². The minimum atomic E-state index is -0.120. The summed E-state index contributed by atoms with van der Waals surface area (Å²) >= 11 is 5.99. The maximum absolute atomic E-state index is 11.6. The van der Waals surface area contributed by atoms with Crippen molar-refractivity contribution in [2.24, 2.45) is 0 Å². The lowest BCUT2D eigenvalue weighted by Crippen LogP contribution is -2.30. The number of carbonyl (C=O) groups is 1. The van der Waals surface area contributed by atoms with Gasteiger partial charge in [-0.15, -0.1) is 0 Å². The second kappa shape index (κ2) is 6.57. The number of benzene rings is 1. The van der Waals surface area contributed by atoms with Gasteiger partial charge in [-0.25, -0.2) is 0 Å². The van der Waals surface area contributed by atoms with E-state index in [1.54, 1.807) is 12.1 Å². The molecular weight excluding hydrogens is 250 g/mol. The molecule has 1 aromatic carbocycles. The van der Waals surface area contributed by atoms with Crippen LogP contribution in [0, 0.1) is 0 Å². The number of nitrogens with one attached hydrogen (secondary N) is 1. The Bertz CT molecular complexity index is 439. The molecule has 0 spiro atoms. The highest BCUT2D eigenvalue weighted by molar-refractivity contribution is 6.32. The molecule has 0 bridgehead atoms. The van der Waals surface area contributed by atoms with Gasteiger partial charge >= 0.3 is 0 Å². The van der Waals surface area contributed by atoms with Gasteiger partial charge in [0.2, 0.25) is 5.91 Å². The molecule has 1 N–H and O–H groups in total. The molecule has 4 heteroatoms. The monoisotopic (exact) mass is 265 g/mol. The van der Waals surface area contributed by atoms with Gasteiger partial charge in [0.25, 0.3) is 0 Å². The van der Waals surface area contributed by atoms with Gasteiger partial charge in [-0.05, 0) is 30.5 Å². The Labute approximate surface area is 112 Å². The van der Waals surface area contributed by atoms with E-state index in [4.69, 9.17) is 16.3 Å². The summed E-state index contributed by atoms with van der Waals surface area (Å²) < 4.78 is 5.43. The lowest BCUT2D eigenvalue weighted by Gasteiger charge is -2.08. The molecule has 1 amide bonds. The number of amides is 1. The molecule has 1 fully saturated rings. The van der Waals surface area contributed by atoms with Gasteiger partial charge in [-0.2, -0.15) is 0 Å². The molecule has 1 unspecified atom stereocenters. The van der Waals surface area contributed by atoms with Crippen molar-refractivity contribution >= 4 is 23.6 Å². The maximum Gasteiger partial charge on any atom is 0.244 e. The fourth-order valence-corrected chi connectivity index (χ4v) is 2.05. The van der Waals surface area contributed by atoms with Crippen molar-refractivity contribution in [3.05, 3.63) is 40.9 Å². The molecular formula is C14H16ClNO2. The molecule has 1 atom stereocenters. The fraction of sp³-hybridized carbons (Fsp3) is 0.357. The molecule has 18 heavy (non-hydrogen) atoms. The van der Waals surface area contributed by atoms with E-state index in [9.17, 15) is 4.79 Å². The number of rotatable bonds is 4. The first-order valence-electron chi connectivity index (χ1n) is 6.08. The summed E-state index contributed by atoms with van der Waals surface area (Å²) in [6.45, 7) is 1.38. The first-order chi connectivity index (χ1) is 8.75. The molecule has 3 nitrogen and oxygen atoms in total. The van der Waals surface area contributed by atoms with E-state index in [0.29, 0.717) is 11.6 Å². The van der Waals surface area contributed by atoms with Crippen molar-refractivity contribution in [3.63, 3.8) is 0 Å². The minimum Gasteiger partial charge on any atom is -0.376 e. The second-order valence-electron chi connectivity index (χ2n) is 4.24. The third-order valence-electron chi connectivity index (χ3n) is 2.85. The molecule has 0 aliphatic carbocycles. The smallest absolute Gasteiger partial charge is 0.244 e. The van der Waals surface area contributed by atoms with E-state index in [-0.39, 0.29) is 12.0 Å². The molecule has 1 aliphatic rings. The highest BCUT2D eigenvalue weighted by Gasteiger charge is 2.15. The van der Waals surface area contributed by atoms with Crippen LogP contribution >= 0.6 is 11.6 Å². The van der Waals surface area contributed by atoms with Crippen LogP contribution in [0.15, 0.2) is 30.3 Å². The summed E-state index contributed by atoms with van der Waals surface area (Å²) in [6, 6.07) is 7.41. The fourth-order valence-electron chi connectivity index (χ4n) is 1.85. The first kappa shape index (κ1) is 13.1. The lowest BCUT2D eigenvalue weighted by atomic mass is 10.2. The standard InChI is InChI=1S/C14H16ClNO2/c15-13-6-2-1-4-11(13)7-8-14(17)16-10-12-5-3-9-18-12/h1-2,4,6-8,12H,3,5,9-10H2,(H,16,17)/b8-7+. The predicted octanol–water partition coefficient (Wildman–Crippen LogP) is 2.65. The Balaban J connectivity index is 1.81. The number of carbonyl (C=O) groups excluding carboxylic acids is 1. The second-order valence-corrected chi connectivity index (χ2v) is 4.64. The van der Waals surface area contributed by atoms with Crippen LogP contribution in [0.4, 0.5) is 0 Å². The van der Waals surface area contributed by atoms with Crippen LogP contribution in [0.2, 0.25) is 5.02 Å². The highest BCUT2D eigenvalue weighted by atomic mass is 35.5. The van der Waals surface area contributed by atoms with Crippen molar-refractivity contribution in [3.8, 4) is 0 Å². The van der Waals surface area contributed by atoms with Gasteiger partial charge in [-0.1, -0.05) is 29.8 Å². The highest BCUT2D eigenvalue weighted by Crippen LogP contribution is 2.16. The van der Waals surface area contributed by atoms with Crippen LogP contribution < -0.4 is 5.32 Å². The van der Waals surface area contributed by atoms with Gasteiger partial charge in [-0.3, -0.25) is 4.79 Å². The molecule has 0 radical (unpaired) electrons. The zero-order valence-corrected chi connectivity index (χ0v) is 10.8. The SMILES string of the molecule is O=C(/C=C/c1ccccc1Cl)NCC1CCCO1. The van der Waals surface area contributed by atoms with Crippen LogP contribution in [-0.4, -0.2) is 25.2 Å². The van der Waals surface area contributed by atoms with Crippen LogP contribution in [0.5, 0.6) is 0 Å². The van der Waals surface area contributed by atoms with Gasteiger partial charge in [0.15, 0.2) is 0 Å². The summed E-state index contributed by atoms with van der Waals surface area (Å²) in [6.07, 6.45) is 5.48. The van der Waals surface area contributed by atoms with E-state index in [0.717, 1.165) is 25.0 Å². The van der Waals surface area contributed by atoms with Crippen LogP contribution in [-0.2, 0) is 9.53 Å². The Morgan fingerprint density at radius 1 is 1.50 bits per heavy atom. The summed E-state index contributed by atoms with van der Waals surface area (Å²) in [5, 5.41) is 3.46. The molecule has 2 rings (SSSR count). The Morgan fingerprint density at radius 3 is 3.06 bits per heavy atom. The normalized spacial score (nSPS) is 19.3. The van der Waals surface area contributed by atoms with Gasteiger partial charge in [0.05, 0.1) is 6.10 Å². The van der Waals surface area contributed by atoms with Crippen molar-refractivity contribution in [1.82, 2.24) is 5.32 Å². The third-order valence-corrected chi connectivity index (χ3v) is 3.19. The van der Waals surface area contributed by atoms with Crippen molar-refractivity contribution in [1.29, 1.82) is 0 Å². The quantitative estimate of drug-likeness (QED) is 0.850. The van der Waals surface area contributed by atoms with Crippen molar-refractivity contribution < 1.29 is 9.53 Å². The molecule has 1 aromatic rings. The van der Waals surface area contributed by atoms with Crippen LogP contribution in [0.3, 0.4) is 0 Å². The average molecular weight is 266 g/mol. The van der Waals surface area contributed by atoms with Crippen molar-refractivity contribution in [2.75, 3.05) is 13.2 Å². The maximum atomic E-state index is 11.6. The molecule has 1 aliphatic heterocycles. The Kier molecular flexibility index (Phi) is 4.79. The van der Waals surface area contributed by atoms with E-state index >= 15 is 0 Å². The van der Waals surface area contributed by atoms with E-state index in [1.807, 2.05) is 18.2 Å². The largest absolute Gasteiger partial charge is 0.376 e. The molecule has 96 valence electrons. The molecule has 0 saturated carbocycles. The van der Waals surface area contributed by atoms with E-state index < -0.39 is 0 Å². The van der Waals surface area contributed by atoms with E-state index in [1.165, 1.54) is 6.08 Å². The summed E-state index contributed by atoms with van der Waals surface area (Å²) in [5.74, 6) is -0.120. The van der Waals surface area contributed by atoms with Crippen LogP contribution in [0.1, 0.15) is 18.4 Å². The first-order valence-corrected chi connectivity index (χ1v) is 6.45. The van der Waals surface area contributed by atoms with E-state index in [2.05, 4.69) is 5.32 Å². The third kappa shape index (κ3) is 3.86. The Morgan fingerprint density at radius 2 is 2.33 bits per heavy atom. The zero-order chi connectivity index (χ0) is 12.8. The average Bonchev–Trinajstić information content (AvgIpc) is 2.88. The molecule has 1 saturated heterocycles. The van der Waals surface area contributed by atoms with Gasteiger partial charge in [0, 0.05) is 24.3 Å². The molecule has 1 heterocycles. The number of halogens is 1. The minimum absolute atomic E-state index is 0.120. The summed E-state index contributed by atoms with van der Waals surface area (Å²) in [4.78, 5) is 11.6. The van der Waals surface area contributed by atoms with Crippen molar-refractivity contribution in [2.45, 2.75) is 18.9 Å².